The number of pyridine rings is 1. The lowest BCUT2D eigenvalue weighted by atomic mass is 9.96. The fraction of sp³-hybridized carbons (Fsp3) is 0.393. The third kappa shape index (κ3) is 5.44. The fourth-order valence-corrected chi connectivity index (χ4v) is 5.07. The number of benzene rings is 2. The summed E-state index contributed by atoms with van der Waals surface area (Å²) in [6.45, 7) is 5.85. The van der Waals surface area contributed by atoms with Gasteiger partial charge in [0.05, 0.1) is 6.20 Å². The lowest BCUT2D eigenvalue weighted by molar-refractivity contribution is -0.0126. The number of rotatable bonds is 7. The van der Waals surface area contributed by atoms with E-state index < -0.39 is 6.10 Å². The summed E-state index contributed by atoms with van der Waals surface area (Å²) in [7, 11) is 0. The number of hydrogen-bond donors (Lipinski definition) is 1. The predicted octanol–water partition coefficient (Wildman–Crippen LogP) is 4.19. The Kier molecular flexibility index (Phi) is 6.72. The Bertz CT molecular complexity index is 1100. The number of aliphatic hydroxyl groups excluding tert-OH is 1. The second kappa shape index (κ2) is 10.0. The van der Waals surface area contributed by atoms with Crippen LogP contribution in [0.1, 0.15) is 24.1 Å². The maximum absolute atomic E-state index is 10.7. The monoisotopic (exact) mass is 443 g/mol. The Hall–Kier alpha value is -2.73. The van der Waals surface area contributed by atoms with Gasteiger partial charge in [-0.15, -0.1) is 0 Å². The molecule has 3 aliphatic rings. The van der Waals surface area contributed by atoms with Crippen LogP contribution < -0.4 is 4.74 Å². The van der Waals surface area contributed by atoms with Crippen LogP contribution in [0, 0.1) is 6.92 Å². The molecule has 3 atom stereocenters. The molecular weight excluding hydrogens is 410 g/mol. The van der Waals surface area contributed by atoms with Crippen LogP contribution >= 0.6 is 0 Å². The smallest absolute Gasteiger partial charge is 0.137 e. The van der Waals surface area contributed by atoms with Gasteiger partial charge in [0.15, 0.2) is 0 Å². The van der Waals surface area contributed by atoms with Gasteiger partial charge in [-0.3, -0.25) is 14.8 Å². The van der Waals surface area contributed by atoms with E-state index in [1.165, 1.54) is 16.3 Å². The number of aryl methyl sites for hydroxylation is 1. The third-order valence-electron chi connectivity index (χ3n) is 6.88. The average molecular weight is 444 g/mol. The number of nitrogens with zero attached hydrogens (tertiary/aromatic N) is 3. The number of hydrogen-bond acceptors (Lipinski definition) is 5. The molecule has 0 saturated carbocycles. The van der Waals surface area contributed by atoms with E-state index in [0.29, 0.717) is 24.4 Å². The zero-order valence-corrected chi connectivity index (χ0v) is 19.3. The van der Waals surface area contributed by atoms with Crippen molar-refractivity contribution in [3.05, 3.63) is 84.2 Å². The molecule has 172 valence electrons. The summed E-state index contributed by atoms with van der Waals surface area (Å²) >= 11 is 0. The van der Waals surface area contributed by atoms with Crippen LogP contribution in [0.2, 0.25) is 0 Å². The minimum atomic E-state index is -0.523. The zero-order chi connectivity index (χ0) is 22.6. The first-order chi connectivity index (χ1) is 16.1. The molecule has 0 aliphatic carbocycles. The Balaban J connectivity index is 1.21. The highest BCUT2D eigenvalue weighted by molar-refractivity contribution is 5.82. The predicted molar refractivity (Wildman–Crippen MR) is 132 cm³/mol. The summed E-state index contributed by atoms with van der Waals surface area (Å²) in [4.78, 5) is 9.36. The highest BCUT2D eigenvalue weighted by Gasteiger charge is 2.34. The molecule has 0 unspecified atom stereocenters. The summed E-state index contributed by atoms with van der Waals surface area (Å²) in [5, 5.41) is 13.3. The van der Waals surface area contributed by atoms with Crippen LogP contribution in [0.25, 0.3) is 10.8 Å². The summed E-state index contributed by atoms with van der Waals surface area (Å²) in [6.07, 6.45) is 7.93. The van der Waals surface area contributed by atoms with Crippen molar-refractivity contribution in [2.24, 2.45) is 0 Å². The van der Waals surface area contributed by atoms with E-state index in [-0.39, 0.29) is 6.61 Å². The van der Waals surface area contributed by atoms with Crippen molar-refractivity contribution in [2.45, 2.75) is 44.5 Å². The van der Waals surface area contributed by atoms with E-state index in [4.69, 9.17) is 4.74 Å². The van der Waals surface area contributed by atoms with E-state index in [0.717, 1.165) is 38.2 Å². The first kappa shape index (κ1) is 22.1. The molecular formula is C28H33N3O2. The SMILES string of the molecule is Cc1ccc(OC[C@@H](O)CN2C[C@@H]3C/C=C\C[C@H]2CN3Cc2ccc3ccccc3c2)cn1. The van der Waals surface area contributed by atoms with E-state index in [9.17, 15) is 5.11 Å². The molecule has 3 aromatic rings. The second-order valence-corrected chi connectivity index (χ2v) is 9.42. The first-order valence-corrected chi connectivity index (χ1v) is 12.0. The molecule has 1 saturated heterocycles. The van der Waals surface area contributed by atoms with Gasteiger partial charge in [-0.25, -0.2) is 0 Å². The largest absolute Gasteiger partial charge is 0.489 e. The second-order valence-electron chi connectivity index (χ2n) is 9.42. The third-order valence-corrected chi connectivity index (χ3v) is 6.88. The number of fused-ring (bicyclic) bond motifs is 5. The molecule has 2 bridgehead atoms. The Morgan fingerprint density at radius 1 is 0.970 bits per heavy atom. The highest BCUT2D eigenvalue weighted by Crippen LogP contribution is 2.26. The molecule has 1 fully saturated rings. The average Bonchev–Trinajstić information content (AvgIpc) is 2.81. The number of ether oxygens (including phenoxy) is 1. The van der Waals surface area contributed by atoms with E-state index in [2.05, 4.69) is 69.4 Å². The van der Waals surface area contributed by atoms with Crippen molar-refractivity contribution >= 4 is 10.8 Å². The van der Waals surface area contributed by atoms with Gasteiger partial charge in [0.1, 0.15) is 18.5 Å². The summed E-state index contributed by atoms with van der Waals surface area (Å²) in [6, 6.07) is 20.1. The summed E-state index contributed by atoms with van der Waals surface area (Å²) in [5.41, 5.74) is 2.33. The fourth-order valence-electron chi connectivity index (χ4n) is 5.07. The van der Waals surface area contributed by atoms with Gasteiger partial charge in [-0.1, -0.05) is 48.6 Å². The van der Waals surface area contributed by atoms with Gasteiger partial charge >= 0.3 is 0 Å². The molecule has 5 heteroatoms. The van der Waals surface area contributed by atoms with Crippen LogP contribution in [0.15, 0.2) is 72.9 Å². The maximum Gasteiger partial charge on any atom is 0.137 e. The first-order valence-electron chi connectivity index (χ1n) is 12.0. The quantitative estimate of drug-likeness (QED) is 0.555. The molecule has 0 radical (unpaired) electrons. The van der Waals surface area contributed by atoms with Gasteiger partial charge in [0, 0.05) is 44.0 Å². The Morgan fingerprint density at radius 2 is 1.73 bits per heavy atom. The van der Waals surface area contributed by atoms with Crippen molar-refractivity contribution in [1.29, 1.82) is 0 Å². The van der Waals surface area contributed by atoms with E-state index in [1.54, 1.807) is 6.20 Å². The summed E-state index contributed by atoms with van der Waals surface area (Å²) < 4.78 is 5.77. The molecule has 4 heterocycles. The molecule has 5 nitrogen and oxygen atoms in total. The van der Waals surface area contributed by atoms with E-state index >= 15 is 0 Å². The van der Waals surface area contributed by atoms with Gasteiger partial charge in [-0.05, 0) is 54.3 Å². The minimum Gasteiger partial charge on any atom is -0.489 e. The molecule has 0 spiro atoms. The molecule has 0 amide bonds. The lowest BCUT2D eigenvalue weighted by Crippen LogP contribution is -2.59. The van der Waals surface area contributed by atoms with Crippen LogP contribution in [-0.2, 0) is 6.54 Å². The molecule has 6 rings (SSSR count). The van der Waals surface area contributed by atoms with E-state index in [1.807, 2.05) is 19.1 Å². The van der Waals surface area contributed by atoms with Crippen molar-refractivity contribution < 1.29 is 9.84 Å². The molecule has 3 aliphatic heterocycles. The minimum absolute atomic E-state index is 0.287. The normalized spacial score (nSPS) is 23.2. The van der Waals surface area contributed by atoms with Crippen LogP contribution in [-0.4, -0.2) is 64.3 Å². The molecule has 1 aromatic heterocycles. The maximum atomic E-state index is 10.7. The van der Waals surface area contributed by atoms with Crippen molar-refractivity contribution in [3.63, 3.8) is 0 Å². The number of aromatic nitrogens is 1. The standard InChI is InChI=1S/C28H33N3O2/c1-21-10-13-28(15-29-21)33-20-27(32)19-31-18-25-8-4-5-9-26(31)17-30(25)16-22-11-12-23-6-2-3-7-24(23)14-22/h2-7,10-15,25-27,32H,8-9,16-20H2,1H3/b5-4-/t25-,26-,27-/m0/s1. The molecule has 2 aromatic carbocycles. The van der Waals surface area contributed by atoms with Crippen LogP contribution in [0.5, 0.6) is 5.75 Å². The van der Waals surface area contributed by atoms with Crippen molar-refractivity contribution in [3.8, 4) is 5.75 Å². The highest BCUT2D eigenvalue weighted by atomic mass is 16.5. The zero-order valence-electron chi connectivity index (χ0n) is 19.3. The topological polar surface area (TPSA) is 48.8 Å². The molecule has 1 N–H and O–H groups in total. The molecule has 33 heavy (non-hydrogen) atoms. The van der Waals surface area contributed by atoms with Crippen molar-refractivity contribution in [1.82, 2.24) is 14.8 Å². The Labute approximate surface area is 196 Å². The number of piperazine rings is 1. The van der Waals surface area contributed by atoms with Gasteiger partial charge < -0.3 is 9.84 Å². The Morgan fingerprint density at radius 3 is 2.52 bits per heavy atom. The van der Waals surface area contributed by atoms with Gasteiger partial charge in [0.2, 0.25) is 0 Å². The summed E-state index contributed by atoms with van der Waals surface area (Å²) in [5.74, 6) is 0.707. The van der Waals surface area contributed by atoms with Crippen LogP contribution in [0.3, 0.4) is 0 Å². The van der Waals surface area contributed by atoms with Crippen LogP contribution in [0.4, 0.5) is 0 Å². The van der Waals surface area contributed by atoms with Gasteiger partial charge in [0.25, 0.3) is 0 Å². The van der Waals surface area contributed by atoms with Crippen molar-refractivity contribution in [2.75, 3.05) is 26.2 Å². The lowest BCUT2D eigenvalue weighted by Gasteiger charge is -2.47. The number of aliphatic hydroxyl groups is 1. The van der Waals surface area contributed by atoms with Gasteiger partial charge in [-0.2, -0.15) is 0 Å².